The molecule has 0 aromatic rings. The first kappa shape index (κ1) is 14.2. The Morgan fingerprint density at radius 2 is 2.13 bits per heavy atom. The van der Waals surface area contributed by atoms with Gasteiger partial charge in [0.05, 0.1) is 5.54 Å². The SMILES string of the molecule is C=CC(=O)NC(CC)(CC)CO[P+](=O)O. The van der Waals surface area contributed by atoms with E-state index in [1.165, 1.54) is 6.08 Å². The van der Waals surface area contributed by atoms with Crippen molar-refractivity contribution in [1.82, 2.24) is 5.32 Å². The molecule has 1 unspecified atom stereocenters. The fraction of sp³-hybridized carbons (Fsp3) is 0.667. The van der Waals surface area contributed by atoms with Crippen LogP contribution in [0.3, 0.4) is 0 Å². The van der Waals surface area contributed by atoms with Crippen LogP contribution in [-0.4, -0.2) is 22.9 Å². The number of carbonyl (C=O) groups excluding carboxylic acids is 1. The molecule has 15 heavy (non-hydrogen) atoms. The van der Waals surface area contributed by atoms with E-state index in [-0.39, 0.29) is 12.5 Å². The van der Waals surface area contributed by atoms with Crippen LogP contribution in [0.25, 0.3) is 0 Å². The minimum absolute atomic E-state index is 0.0191. The molecule has 1 amide bonds. The molecule has 0 aliphatic carbocycles. The normalized spacial score (nSPS) is 12.1. The van der Waals surface area contributed by atoms with Crippen molar-refractivity contribution in [3.8, 4) is 0 Å². The van der Waals surface area contributed by atoms with E-state index in [2.05, 4.69) is 16.4 Å². The highest BCUT2D eigenvalue weighted by atomic mass is 31.1. The van der Waals surface area contributed by atoms with Gasteiger partial charge in [-0.2, -0.15) is 0 Å². The Balaban J connectivity index is 4.48. The van der Waals surface area contributed by atoms with Crippen molar-refractivity contribution in [2.24, 2.45) is 0 Å². The molecule has 0 bridgehead atoms. The molecule has 0 radical (unpaired) electrons. The van der Waals surface area contributed by atoms with E-state index in [9.17, 15) is 9.36 Å². The summed E-state index contributed by atoms with van der Waals surface area (Å²) in [7, 11) is -2.63. The van der Waals surface area contributed by atoms with Crippen LogP contribution in [-0.2, 0) is 13.9 Å². The standard InChI is InChI=1S/C9H16NO4P/c1-4-8(11)10-9(5-2,6-3)7-14-15(12)13/h4H,1,5-7H2,2-3H3,(H-,10,11,12,13)/p+1. The minimum Gasteiger partial charge on any atom is -0.345 e. The van der Waals surface area contributed by atoms with E-state index in [1.54, 1.807) is 0 Å². The Morgan fingerprint density at radius 3 is 2.47 bits per heavy atom. The van der Waals surface area contributed by atoms with Gasteiger partial charge in [0.1, 0.15) is 6.61 Å². The molecule has 0 aromatic carbocycles. The van der Waals surface area contributed by atoms with Crippen LogP contribution in [0, 0.1) is 0 Å². The van der Waals surface area contributed by atoms with Crippen molar-refractivity contribution in [2.45, 2.75) is 32.2 Å². The molecular weight excluding hydrogens is 217 g/mol. The second kappa shape index (κ2) is 6.67. The summed E-state index contributed by atoms with van der Waals surface area (Å²) in [6, 6.07) is 0. The quantitative estimate of drug-likeness (QED) is 0.517. The Hall–Kier alpha value is -0.770. The van der Waals surface area contributed by atoms with Crippen molar-refractivity contribution < 1.29 is 18.8 Å². The molecule has 6 heteroatoms. The van der Waals surface area contributed by atoms with Gasteiger partial charge < -0.3 is 5.32 Å². The predicted octanol–water partition coefficient (Wildman–Crippen LogP) is 1.51. The molecule has 2 N–H and O–H groups in total. The van der Waals surface area contributed by atoms with E-state index in [0.717, 1.165) is 0 Å². The number of hydrogen-bond donors (Lipinski definition) is 2. The largest absolute Gasteiger partial charge is 0.694 e. The number of nitrogens with one attached hydrogen (secondary N) is 1. The third kappa shape index (κ3) is 5.02. The van der Waals surface area contributed by atoms with Crippen molar-refractivity contribution in [2.75, 3.05) is 6.61 Å². The van der Waals surface area contributed by atoms with E-state index in [0.29, 0.717) is 12.8 Å². The van der Waals surface area contributed by atoms with Crippen molar-refractivity contribution in [3.05, 3.63) is 12.7 Å². The maximum Gasteiger partial charge on any atom is 0.694 e. The molecule has 86 valence electrons. The van der Waals surface area contributed by atoms with Crippen molar-refractivity contribution in [3.63, 3.8) is 0 Å². The number of rotatable bonds is 7. The van der Waals surface area contributed by atoms with Crippen LogP contribution >= 0.6 is 8.25 Å². The molecule has 0 fully saturated rings. The summed E-state index contributed by atoms with van der Waals surface area (Å²) >= 11 is 0. The maximum absolute atomic E-state index is 11.2. The minimum atomic E-state index is -2.63. The third-order valence-electron chi connectivity index (χ3n) is 2.38. The summed E-state index contributed by atoms with van der Waals surface area (Å²) in [6.45, 7) is 7.12. The molecule has 0 heterocycles. The molecular formula is C9H17NO4P+. The van der Waals surface area contributed by atoms with Gasteiger partial charge in [0.2, 0.25) is 5.91 Å². The van der Waals surface area contributed by atoms with Crippen LogP contribution in [0.15, 0.2) is 12.7 Å². The van der Waals surface area contributed by atoms with Gasteiger partial charge in [-0.05, 0) is 18.9 Å². The summed E-state index contributed by atoms with van der Waals surface area (Å²) in [6.07, 6.45) is 2.40. The van der Waals surface area contributed by atoms with Gasteiger partial charge in [0, 0.05) is 4.57 Å². The van der Waals surface area contributed by atoms with Gasteiger partial charge in [-0.15, -0.1) is 9.42 Å². The summed E-state index contributed by atoms with van der Waals surface area (Å²) in [5.74, 6) is -0.310. The average Bonchev–Trinajstić information content (AvgIpc) is 2.24. The van der Waals surface area contributed by atoms with Gasteiger partial charge in [-0.3, -0.25) is 4.79 Å². The van der Waals surface area contributed by atoms with Gasteiger partial charge in [-0.1, -0.05) is 20.4 Å². The number of carbonyl (C=O) groups is 1. The van der Waals surface area contributed by atoms with Crippen LogP contribution < -0.4 is 5.32 Å². The fourth-order valence-corrected chi connectivity index (χ4v) is 1.52. The lowest BCUT2D eigenvalue weighted by molar-refractivity contribution is -0.119. The second-order valence-corrected chi connectivity index (χ2v) is 3.93. The zero-order valence-electron chi connectivity index (χ0n) is 9.02. The molecule has 0 saturated heterocycles. The summed E-state index contributed by atoms with van der Waals surface area (Å²) < 4.78 is 15.1. The van der Waals surface area contributed by atoms with Gasteiger partial charge in [-0.25, -0.2) is 0 Å². The maximum atomic E-state index is 11.2. The summed E-state index contributed by atoms with van der Waals surface area (Å²) in [5.41, 5.74) is -0.598. The molecule has 0 aliphatic rings. The van der Waals surface area contributed by atoms with Crippen LogP contribution in [0.1, 0.15) is 26.7 Å². The third-order valence-corrected chi connectivity index (χ3v) is 2.73. The lowest BCUT2D eigenvalue weighted by Crippen LogP contribution is -2.50. The highest BCUT2D eigenvalue weighted by Gasteiger charge is 2.32. The van der Waals surface area contributed by atoms with E-state index < -0.39 is 13.8 Å². The van der Waals surface area contributed by atoms with Crippen LogP contribution in [0.4, 0.5) is 0 Å². The summed E-state index contributed by atoms with van der Waals surface area (Å²) in [5, 5.41) is 2.71. The van der Waals surface area contributed by atoms with E-state index in [4.69, 9.17) is 4.89 Å². The first-order valence-corrected chi connectivity index (χ1v) is 5.86. The Bertz CT molecular complexity index is 250. The monoisotopic (exact) mass is 234 g/mol. The number of amides is 1. The number of hydrogen-bond acceptors (Lipinski definition) is 3. The molecule has 0 spiro atoms. The highest BCUT2D eigenvalue weighted by Crippen LogP contribution is 2.22. The van der Waals surface area contributed by atoms with Crippen molar-refractivity contribution in [1.29, 1.82) is 0 Å². The second-order valence-electron chi connectivity index (χ2n) is 3.19. The lowest BCUT2D eigenvalue weighted by atomic mass is 9.94. The Labute approximate surface area is 90.5 Å². The molecule has 5 nitrogen and oxygen atoms in total. The highest BCUT2D eigenvalue weighted by molar-refractivity contribution is 7.32. The summed E-state index contributed by atoms with van der Waals surface area (Å²) in [4.78, 5) is 19.7. The Morgan fingerprint density at radius 1 is 1.60 bits per heavy atom. The fourth-order valence-electron chi connectivity index (χ4n) is 1.16. The van der Waals surface area contributed by atoms with E-state index in [1.807, 2.05) is 13.8 Å². The molecule has 0 saturated carbocycles. The Kier molecular flexibility index (Phi) is 6.32. The van der Waals surface area contributed by atoms with Gasteiger partial charge >= 0.3 is 8.25 Å². The smallest absolute Gasteiger partial charge is 0.345 e. The zero-order valence-corrected chi connectivity index (χ0v) is 9.92. The van der Waals surface area contributed by atoms with Crippen LogP contribution in [0.5, 0.6) is 0 Å². The first-order chi connectivity index (χ1) is 6.99. The van der Waals surface area contributed by atoms with Crippen molar-refractivity contribution >= 4 is 14.2 Å². The first-order valence-electron chi connectivity index (χ1n) is 4.73. The van der Waals surface area contributed by atoms with Crippen LogP contribution in [0.2, 0.25) is 0 Å². The molecule has 0 aliphatic heterocycles. The lowest BCUT2D eigenvalue weighted by Gasteiger charge is -2.29. The molecule has 0 aromatic heterocycles. The average molecular weight is 234 g/mol. The molecule has 0 rings (SSSR count). The van der Waals surface area contributed by atoms with Gasteiger partial charge in [0.25, 0.3) is 0 Å². The molecule has 1 atom stereocenters. The predicted molar refractivity (Wildman–Crippen MR) is 57.4 cm³/mol. The topological polar surface area (TPSA) is 75.6 Å². The zero-order chi connectivity index (χ0) is 11.9. The van der Waals surface area contributed by atoms with E-state index >= 15 is 0 Å². The van der Waals surface area contributed by atoms with Gasteiger partial charge in [0.15, 0.2) is 0 Å².